The molecule has 2 heterocycles. The lowest BCUT2D eigenvalue weighted by Crippen LogP contribution is -2.22. The van der Waals surface area contributed by atoms with Gasteiger partial charge in [0.1, 0.15) is 17.9 Å². The SMILES string of the molecule is CC(O)C(=O)Oc1ncnc2nc[nH]c12. The van der Waals surface area contributed by atoms with Crippen molar-refractivity contribution >= 4 is 17.1 Å². The summed E-state index contributed by atoms with van der Waals surface area (Å²) in [6.45, 7) is 1.31. The minimum atomic E-state index is -1.20. The quantitative estimate of drug-likeness (QED) is 0.653. The van der Waals surface area contributed by atoms with Crippen molar-refractivity contribution in [2.24, 2.45) is 0 Å². The van der Waals surface area contributed by atoms with Crippen LogP contribution in [-0.4, -0.2) is 37.1 Å². The van der Waals surface area contributed by atoms with Gasteiger partial charge in [-0.1, -0.05) is 0 Å². The fourth-order valence-electron chi connectivity index (χ4n) is 1.00. The fourth-order valence-corrected chi connectivity index (χ4v) is 1.00. The molecule has 1 unspecified atom stereocenters. The van der Waals surface area contributed by atoms with E-state index < -0.39 is 12.1 Å². The lowest BCUT2D eigenvalue weighted by molar-refractivity contribution is -0.142. The average molecular weight is 208 g/mol. The number of aliphatic hydroxyl groups excluding tert-OH is 1. The predicted octanol–water partition coefficient (Wildman–Crippen LogP) is -0.361. The number of fused-ring (bicyclic) bond motifs is 1. The van der Waals surface area contributed by atoms with Gasteiger partial charge in [0.15, 0.2) is 5.65 Å². The molecule has 0 aromatic carbocycles. The normalized spacial score (nSPS) is 12.7. The van der Waals surface area contributed by atoms with Crippen LogP contribution in [0.5, 0.6) is 5.88 Å². The highest BCUT2D eigenvalue weighted by Gasteiger charge is 2.15. The van der Waals surface area contributed by atoms with Gasteiger partial charge in [-0.25, -0.2) is 14.8 Å². The Bertz CT molecular complexity index is 493. The molecule has 0 spiro atoms. The Kier molecular flexibility index (Phi) is 2.30. The second-order valence-corrected chi connectivity index (χ2v) is 2.88. The van der Waals surface area contributed by atoms with Crippen LogP contribution in [0.1, 0.15) is 6.92 Å². The number of imidazole rings is 1. The highest BCUT2D eigenvalue weighted by molar-refractivity contribution is 5.82. The molecule has 0 aliphatic carbocycles. The monoisotopic (exact) mass is 208 g/mol. The molecule has 1 atom stereocenters. The first-order chi connectivity index (χ1) is 7.18. The van der Waals surface area contributed by atoms with Crippen LogP contribution in [0.2, 0.25) is 0 Å². The van der Waals surface area contributed by atoms with Crippen molar-refractivity contribution in [3.63, 3.8) is 0 Å². The lowest BCUT2D eigenvalue weighted by Gasteiger charge is -2.04. The number of ether oxygens (including phenoxy) is 1. The minimum absolute atomic E-state index is 0.0587. The van der Waals surface area contributed by atoms with E-state index in [9.17, 15) is 4.79 Å². The van der Waals surface area contributed by atoms with E-state index in [-0.39, 0.29) is 5.88 Å². The zero-order chi connectivity index (χ0) is 10.8. The molecule has 0 bridgehead atoms. The molecule has 0 fully saturated rings. The number of esters is 1. The van der Waals surface area contributed by atoms with Gasteiger partial charge >= 0.3 is 5.97 Å². The number of hydrogen-bond donors (Lipinski definition) is 2. The van der Waals surface area contributed by atoms with Crippen LogP contribution < -0.4 is 4.74 Å². The number of nitrogens with zero attached hydrogens (tertiary/aromatic N) is 3. The summed E-state index contributed by atoms with van der Waals surface area (Å²) in [5, 5.41) is 8.96. The summed E-state index contributed by atoms with van der Waals surface area (Å²) < 4.78 is 4.84. The number of aliphatic hydroxyl groups is 1. The van der Waals surface area contributed by atoms with Gasteiger partial charge in [0, 0.05) is 0 Å². The molecule has 0 aliphatic rings. The van der Waals surface area contributed by atoms with Crippen molar-refractivity contribution in [3.05, 3.63) is 12.7 Å². The van der Waals surface area contributed by atoms with Gasteiger partial charge in [0.25, 0.3) is 5.88 Å². The highest BCUT2D eigenvalue weighted by Crippen LogP contribution is 2.17. The number of H-pyrrole nitrogens is 1. The minimum Gasteiger partial charge on any atom is -0.403 e. The van der Waals surface area contributed by atoms with E-state index in [1.807, 2.05) is 0 Å². The van der Waals surface area contributed by atoms with Crippen LogP contribution in [0.4, 0.5) is 0 Å². The standard InChI is InChI=1S/C8H8N4O3/c1-4(13)8(14)15-7-5-6(10-2-9-5)11-3-12-7/h2-4,13H,1H3,(H,9,10,11,12). The Morgan fingerprint density at radius 3 is 3.07 bits per heavy atom. The molecule has 0 aliphatic heterocycles. The zero-order valence-corrected chi connectivity index (χ0v) is 7.84. The van der Waals surface area contributed by atoms with Crippen molar-refractivity contribution in [1.82, 2.24) is 19.9 Å². The molecule has 2 aromatic rings. The number of rotatable bonds is 2. The summed E-state index contributed by atoms with van der Waals surface area (Å²) in [6.07, 6.45) is 1.45. The third kappa shape index (κ3) is 1.77. The van der Waals surface area contributed by atoms with E-state index in [1.165, 1.54) is 19.6 Å². The van der Waals surface area contributed by atoms with Crippen molar-refractivity contribution in [2.45, 2.75) is 13.0 Å². The number of aromatic nitrogens is 4. The number of nitrogens with one attached hydrogen (secondary N) is 1. The predicted molar refractivity (Wildman–Crippen MR) is 49.0 cm³/mol. The van der Waals surface area contributed by atoms with Crippen LogP contribution in [-0.2, 0) is 4.79 Å². The van der Waals surface area contributed by atoms with Gasteiger partial charge < -0.3 is 14.8 Å². The summed E-state index contributed by atoms with van der Waals surface area (Å²) in [4.78, 5) is 25.3. The second kappa shape index (κ2) is 3.62. The molecule has 2 aromatic heterocycles. The summed E-state index contributed by atoms with van der Waals surface area (Å²) in [7, 11) is 0. The average Bonchev–Trinajstić information content (AvgIpc) is 2.66. The first-order valence-corrected chi connectivity index (χ1v) is 4.22. The number of carbonyl (C=O) groups is 1. The van der Waals surface area contributed by atoms with Crippen LogP contribution >= 0.6 is 0 Å². The molecule has 7 heteroatoms. The third-order valence-electron chi connectivity index (χ3n) is 1.73. The van der Waals surface area contributed by atoms with Gasteiger partial charge in [-0.2, -0.15) is 4.98 Å². The molecule has 2 N–H and O–H groups in total. The maximum Gasteiger partial charge on any atom is 0.341 e. The number of aromatic amines is 1. The third-order valence-corrected chi connectivity index (χ3v) is 1.73. The summed E-state index contributed by atoms with van der Waals surface area (Å²) in [5.74, 6) is -0.715. The maximum atomic E-state index is 11.1. The first kappa shape index (κ1) is 9.53. The Balaban J connectivity index is 2.35. The summed E-state index contributed by atoms with van der Waals surface area (Å²) in [6, 6.07) is 0. The molecule has 7 nitrogen and oxygen atoms in total. The Morgan fingerprint density at radius 1 is 1.53 bits per heavy atom. The topological polar surface area (TPSA) is 101 Å². The Morgan fingerprint density at radius 2 is 2.33 bits per heavy atom. The molecule has 0 amide bonds. The van der Waals surface area contributed by atoms with Crippen LogP contribution in [0, 0.1) is 0 Å². The fraction of sp³-hybridized carbons (Fsp3) is 0.250. The van der Waals surface area contributed by atoms with Gasteiger partial charge in [0.05, 0.1) is 6.33 Å². The molecular formula is C8H8N4O3. The maximum absolute atomic E-state index is 11.1. The summed E-state index contributed by atoms with van der Waals surface area (Å²) >= 11 is 0. The van der Waals surface area contributed by atoms with Crippen molar-refractivity contribution in [2.75, 3.05) is 0 Å². The van der Waals surface area contributed by atoms with E-state index in [4.69, 9.17) is 9.84 Å². The Labute approximate surface area is 84.1 Å². The molecule has 15 heavy (non-hydrogen) atoms. The highest BCUT2D eigenvalue weighted by atomic mass is 16.6. The Hall–Kier alpha value is -2.02. The first-order valence-electron chi connectivity index (χ1n) is 4.22. The molecule has 0 radical (unpaired) electrons. The zero-order valence-electron chi connectivity index (χ0n) is 7.84. The van der Waals surface area contributed by atoms with Crippen molar-refractivity contribution < 1.29 is 14.6 Å². The van der Waals surface area contributed by atoms with Crippen LogP contribution in [0.25, 0.3) is 11.2 Å². The van der Waals surface area contributed by atoms with Gasteiger partial charge in [-0.15, -0.1) is 0 Å². The lowest BCUT2D eigenvalue weighted by atomic mass is 10.4. The van der Waals surface area contributed by atoms with Crippen LogP contribution in [0.15, 0.2) is 12.7 Å². The van der Waals surface area contributed by atoms with E-state index in [0.29, 0.717) is 11.2 Å². The van der Waals surface area contributed by atoms with E-state index in [0.717, 1.165) is 0 Å². The van der Waals surface area contributed by atoms with E-state index >= 15 is 0 Å². The van der Waals surface area contributed by atoms with E-state index in [2.05, 4.69) is 19.9 Å². The molecular weight excluding hydrogens is 200 g/mol. The van der Waals surface area contributed by atoms with E-state index in [1.54, 1.807) is 0 Å². The molecule has 0 saturated heterocycles. The number of carbonyl (C=O) groups excluding carboxylic acids is 1. The smallest absolute Gasteiger partial charge is 0.341 e. The van der Waals surface area contributed by atoms with Crippen molar-refractivity contribution in [1.29, 1.82) is 0 Å². The largest absolute Gasteiger partial charge is 0.403 e. The molecule has 78 valence electrons. The second-order valence-electron chi connectivity index (χ2n) is 2.88. The van der Waals surface area contributed by atoms with Crippen LogP contribution in [0.3, 0.4) is 0 Å². The summed E-state index contributed by atoms with van der Waals surface area (Å²) in [5.41, 5.74) is 0.824. The van der Waals surface area contributed by atoms with Gasteiger partial charge in [-0.3, -0.25) is 0 Å². The van der Waals surface area contributed by atoms with Gasteiger partial charge in [0.2, 0.25) is 0 Å². The molecule has 2 rings (SSSR count). The van der Waals surface area contributed by atoms with Gasteiger partial charge in [-0.05, 0) is 6.92 Å². The van der Waals surface area contributed by atoms with Crippen molar-refractivity contribution in [3.8, 4) is 5.88 Å². The number of hydrogen-bond acceptors (Lipinski definition) is 6. The molecule has 0 saturated carbocycles.